The molecule has 0 radical (unpaired) electrons. The molecule has 14 nitrogen and oxygen atoms in total. The Kier molecular flexibility index (Phi) is 14.0. The number of phosphoric acid groups is 1. The van der Waals surface area contributed by atoms with Crippen molar-refractivity contribution >= 4 is 7.82 Å². The molecule has 10 atom stereocenters. The number of phosphoric ester groups is 1. The Balaban J connectivity index is 2.00. The predicted octanol–water partition coefficient (Wildman–Crippen LogP) is -1.34. The smallest absolute Gasteiger partial charge is 0.394 e. The molecule has 0 aliphatic carbocycles. The zero-order chi connectivity index (χ0) is 27.6. The number of hydrogen-bond donors (Lipinski definition) is 8. The molecule has 0 aromatic carbocycles. The maximum absolute atomic E-state index is 11.1. The van der Waals surface area contributed by atoms with Crippen LogP contribution in [-0.2, 0) is 28.0 Å². The molecule has 2 fully saturated rings. The van der Waals surface area contributed by atoms with Gasteiger partial charge in [-0.1, -0.05) is 31.8 Å². The molecule has 2 aliphatic rings. The zero-order valence-corrected chi connectivity index (χ0v) is 21.5. The summed E-state index contributed by atoms with van der Waals surface area (Å²) in [6.45, 7) is 2.36. The molecule has 0 bridgehead atoms. The summed E-state index contributed by atoms with van der Waals surface area (Å²) >= 11 is 0. The molecule has 0 amide bonds. The van der Waals surface area contributed by atoms with Gasteiger partial charge < -0.3 is 59.4 Å². The highest BCUT2D eigenvalue weighted by Crippen LogP contribution is 2.37. The van der Waals surface area contributed by atoms with Crippen molar-refractivity contribution in [2.24, 2.45) is 0 Å². The van der Waals surface area contributed by atoms with Crippen LogP contribution >= 0.6 is 7.82 Å². The molecule has 0 unspecified atom stereocenters. The van der Waals surface area contributed by atoms with Crippen molar-refractivity contribution in [3.05, 3.63) is 12.7 Å². The van der Waals surface area contributed by atoms with E-state index in [9.17, 15) is 35.2 Å². The average molecular weight is 561 g/mol. The van der Waals surface area contributed by atoms with Crippen molar-refractivity contribution < 1.29 is 68.5 Å². The zero-order valence-electron chi connectivity index (χ0n) is 20.6. The summed E-state index contributed by atoms with van der Waals surface area (Å²) < 4.78 is 37.5. The average Bonchev–Trinajstić information content (AvgIpc) is 2.85. The van der Waals surface area contributed by atoms with Crippen LogP contribution in [0.2, 0.25) is 0 Å². The van der Waals surface area contributed by atoms with E-state index in [0.29, 0.717) is 6.42 Å². The van der Waals surface area contributed by atoms with Gasteiger partial charge in [-0.2, -0.15) is 0 Å². The van der Waals surface area contributed by atoms with Crippen LogP contribution in [0, 0.1) is 0 Å². The first-order valence-electron chi connectivity index (χ1n) is 12.4. The molecule has 8 N–H and O–H groups in total. The summed E-state index contributed by atoms with van der Waals surface area (Å²) in [7, 11) is -4.92. The van der Waals surface area contributed by atoms with E-state index in [1.54, 1.807) is 0 Å². The molecule has 0 aromatic heterocycles. The number of aliphatic hydroxyl groups excluding tert-OH is 6. The van der Waals surface area contributed by atoms with Gasteiger partial charge in [-0.15, -0.1) is 6.58 Å². The van der Waals surface area contributed by atoms with Crippen LogP contribution in [0.4, 0.5) is 0 Å². The minimum absolute atomic E-state index is 0.170. The molecule has 218 valence electrons. The number of hydrogen-bond acceptors (Lipinski definition) is 12. The largest absolute Gasteiger partial charge is 0.469 e. The van der Waals surface area contributed by atoms with Crippen LogP contribution in [0.5, 0.6) is 0 Å². The van der Waals surface area contributed by atoms with E-state index < -0.39 is 82.4 Å². The van der Waals surface area contributed by atoms with Crippen LogP contribution in [0.25, 0.3) is 0 Å². The van der Waals surface area contributed by atoms with Gasteiger partial charge >= 0.3 is 7.82 Å². The second kappa shape index (κ2) is 15.9. The quantitative estimate of drug-likeness (QED) is 0.0621. The van der Waals surface area contributed by atoms with Crippen LogP contribution in [0.15, 0.2) is 12.7 Å². The molecule has 2 heterocycles. The van der Waals surface area contributed by atoms with Gasteiger partial charge in [0.25, 0.3) is 0 Å². The molecule has 0 aromatic rings. The fourth-order valence-electron chi connectivity index (χ4n) is 4.14. The lowest BCUT2D eigenvalue weighted by molar-refractivity contribution is -0.359. The third-order valence-electron chi connectivity index (χ3n) is 6.27. The summed E-state index contributed by atoms with van der Waals surface area (Å²) in [6.07, 6.45) is -7.41. The van der Waals surface area contributed by atoms with Gasteiger partial charge in [0.15, 0.2) is 12.6 Å². The maximum Gasteiger partial charge on any atom is 0.469 e. The number of unbranched alkanes of at least 4 members (excludes halogenated alkanes) is 6. The van der Waals surface area contributed by atoms with Crippen LogP contribution < -0.4 is 0 Å². The maximum atomic E-state index is 11.1. The second-order valence-corrected chi connectivity index (χ2v) is 10.4. The van der Waals surface area contributed by atoms with Gasteiger partial charge in [0.05, 0.1) is 13.2 Å². The molecule has 0 saturated carbocycles. The van der Waals surface area contributed by atoms with E-state index in [2.05, 4.69) is 11.1 Å². The van der Waals surface area contributed by atoms with E-state index in [0.717, 1.165) is 38.5 Å². The SMILES string of the molecule is C=CCCCCCCCCO[C@@H]1O[C@H](COP(=O)(O)O)[C@H](O)[C@H](O[C@@H]2O[C@H](CO)[C@H](O)[C@H](O)[C@H]2O)[C@H]1O. The first kappa shape index (κ1) is 32.7. The molecule has 2 rings (SSSR count). The Hall–Kier alpha value is -0.550. The summed E-state index contributed by atoms with van der Waals surface area (Å²) in [5.74, 6) is 0. The Morgan fingerprint density at radius 1 is 0.784 bits per heavy atom. The highest BCUT2D eigenvalue weighted by atomic mass is 31.2. The van der Waals surface area contributed by atoms with Gasteiger partial charge in [-0.25, -0.2) is 4.57 Å². The Labute approximate surface area is 215 Å². The highest BCUT2D eigenvalue weighted by Gasteiger charge is 2.51. The minimum atomic E-state index is -4.92. The van der Waals surface area contributed by atoms with E-state index in [-0.39, 0.29) is 6.61 Å². The highest BCUT2D eigenvalue weighted by molar-refractivity contribution is 7.46. The topological polar surface area (TPSA) is 225 Å². The molecular formula is C22H41O14P. The molecular weight excluding hydrogens is 519 g/mol. The summed E-state index contributed by atoms with van der Waals surface area (Å²) in [4.78, 5) is 18.0. The fourth-order valence-corrected chi connectivity index (χ4v) is 4.48. The third kappa shape index (κ3) is 10.2. The van der Waals surface area contributed by atoms with Crippen molar-refractivity contribution in [2.45, 2.75) is 106 Å². The molecule has 15 heteroatoms. The van der Waals surface area contributed by atoms with Gasteiger partial charge in [0.1, 0.15) is 48.8 Å². The van der Waals surface area contributed by atoms with Gasteiger partial charge in [0.2, 0.25) is 0 Å². The minimum Gasteiger partial charge on any atom is -0.394 e. The first-order valence-corrected chi connectivity index (χ1v) is 13.9. The first-order chi connectivity index (χ1) is 17.5. The second-order valence-electron chi connectivity index (χ2n) is 9.18. The van der Waals surface area contributed by atoms with E-state index in [1.807, 2.05) is 6.08 Å². The standard InChI is InChI=1S/C22H41O14P/c1-2-3-4-5-6-7-8-9-10-32-21-19(28)20(16(25)14(35-21)12-33-37(29,30)31)36-22-18(27)17(26)15(24)13(11-23)34-22/h2,13-28H,1,3-12H2,(H2,29,30,31)/t13-,14-,15+,16+,17+,18-,19-,20+,21-,22+/m1/s1. The summed E-state index contributed by atoms with van der Waals surface area (Å²) in [5.41, 5.74) is 0. The molecule has 0 spiro atoms. The van der Waals surface area contributed by atoms with E-state index in [4.69, 9.17) is 28.7 Å². The van der Waals surface area contributed by atoms with Gasteiger partial charge in [-0.05, 0) is 19.3 Å². The van der Waals surface area contributed by atoms with Crippen LogP contribution in [0.1, 0.15) is 44.9 Å². The summed E-state index contributed by atoms with van der Waals surface area (Å²) in [6, 6.07) is 0. The number of ether oxygens (including phenoxy) is 4. The molecule has 2 saturated heterocycles. The lowest BCUT2D eigenvalue weighted by atomic mass is 9.97. The fraction of sp³-hybridized carbons (Fsp3) is 0.909. The lowest BCUT2D eigenvalue weighted by Gasteiger charge is -2.46. The lowest BCUT2D eigenvalue weighted by Crippen LogP contribution is -2.64. The molecule has 2 aliphatic heterocycles. The third-order valence-corrected chi connectivity index (χ3v) is 6.76. The number of allylic oxidation sites excluding steroid dienone is 1. The number of aliphatic hydroxyl groups is 6. The molecule has 37 heavy (non-hydrogen) atoms. The predicted molar refractivity (Wildman–Crippen MR) is 126 cm³/mol. The summed E-state index contributed by atoms with van der Waals surface area (Å²) in [5, 5.41) is 61.1. The van der Waals surface area contributed by atoms with Gasteiger partial charge in [-0.3, -0.25) is 4.52 Å². The van der Waals surface area contributed by atoms with E-state index >= 15 is 0 Å². The van der Waals surface area contributed by atoms with Gasteiger partial charge in [0, 0.05) is 6.61 Å². The Bertz CT molecular complexity index is 705. The van der Waals surface area contributed by atoms with Crippen molar-refractivity contribution in [1.29, 1.82) is 0 Å². The van der Waals surface area contributed by atoms with Crippen LogP contribution in [-0.4, -0.2) is 122 Å². The van der Waals surface area contributed by atoms with Crippen molar-refractivity contribution in [1.82, 2.24) is 0 Å². The Morgan fingerprint density at radius 3 is 2.03 bits per heavy atom. The normalized spacial score (nSPS) is 37.0. The van der Waals surface area contributed by atoms with Crippen LogP contribution in [0.3, 0.4) is 0 Å². The van der Waals surface area contributed by atoms with Crippen molar-refractivity contribution in [3.8, 4) is 0 Å². The van der Waals surface area contributed by atoms with E-state index in [1.165, 1.54) is 0 Å². The Morgan fingerprint density at radius 2 is 1.41 bits per heavy atom. The monoisotopic (exact) mass is 560 g/mol. The van der Waals surface area contributed by atoms with Crippen molar-refractivity contribution in [2.75, 3.05) is 19.8 Å². The number of rotatable bonds is 16. The van der Waals surface area contributed by atoms with Crippen molar-refractivity contribution in [3.63, 3.8) is 0 Å².